The molecule has 1 aliphatic heterocycles. The second-order valence-electron chi connectivity index (χ2n) is 7.78. The Morgan fingerprint density at radius 1 is 1.28 bits per heavy atom. The summed E-state index contributed by atoms with van der Waals surface area (Å²) in [6, 6.07) is 2.29. The van der Waals surface area contributed by atoms with Crippen LogP contribution in [0.2, 0.25) is 5.02 Å². The van der Waals surface area contributed by atoms with Crippen LogP contribution in [0, 0.1) is 22.0 Å². The van der Waals surface area contributed by atoms with Gasteiger partial charge in [-0.3, -0.25) is 24.5 Å². The lowest BCUT2D eigenvalue weighted by molar-refractivity contribution is -0.384. The summed E-state index contributed by atoms with van der Waals surface area (Å²) in [4.78, 5) is 60.3. The van der Waals surface area contributed by atoms with Crippen LogP contribution in [-0.2, 0) is 19.1 Å². The normalized spacial score (nSPS) is 15.2. The van der Waals surface area contributed by atoms with Crippen molar-refractivity contribution in [3.8, 4) is 0 Å². The van der Waals surface area contributed by atoms with E-state index in [1.54, 1.807) is 13.8 Å². The number of carbonyl (C=O) groups is 4. The quantitative estimate of drug-likeness (QED) is 0.329. The minimum absolute atomic E-state index is 0.0379. The zero-order valence-electron chi connectivity index (χ0n) is 17.7. The Bertz CT molecular complexity index is 913. The Morgan fingerprint density at radius 3 is 2.41 bits per heavy atom. The van der Waals surface area contributed by atoms with Crippen LogP contribution in [0.1, 0.15) is 37.0 Å². The number of hydrogen-bond donors (Lipinski definition) is 2. The average molecular weight is 469 g/mol. The van der Waals surface area contributed by atoms with Crippen LogP contribution in [0.5, 0.6) is 0 Å². The standard InChI is InChI=1S/C20H25ClN4O7/c1-11(2)17(23-19(28)14-4-3-13(25(30)31)9-15(14)21)20(29)32-10-16(26)24-7-5-12(6-8-24)18(22)27/h3-4,9,11-12,17H,5-8,10H2,1-2H3,(H2,22,27)(H,23,28). The van der Waals surface area contributed by atoms with Crippen molar-refractivity contribution in [3.05, 3.63) is 38.9 Å². The number of ether oxygens (including phenoxy) is 1. The van der Waals surface area contributed by atoms with Crippen LogP contribution >= 0.6 is 11.6 Å². The fourth-order valence-corrected chi connectivity index (χ4v) is 3.51. The fourth-order valence-electron chi connectivity index (χ4n) is 3.25. The number of benzene rings is 1. The first-order valence-corrected chi connectivity index (χ1v) is 10.4. The number of nitrogens with two attached hydrogens (primary N) is 1. The van der Waals surface area contributed by atoms with Gasteiger partial charge in [0.1, 0.15) is 6.04 Å². The molecule has 1 aromatic rings. The van der Waals surface area contributed by atoms with E-state index in [1.165, 1.54) is 11.0 Å². The number of likely N-dealkylation sites (tertiary alicyclic amines) is 1. The number of amides is 3. The Balaban J connectivity index is 1.95. The molecule has 1 aliphatic rings. The maximum absolute atomic E-state index is 12.6. The molecule has 3 amide bonds. The average Bonchev–Trinajstić information content (AvgIpc) is 2.74. The van der Waals surface area contributed by atoms with E-state index in [1.807, 2.05) is 0 Å². The first kappa shape index (κ1) is 25.1. The summed E-state index contributed by atoms with van der Waals surface area (Å²) in [6.45, 7) is 3.54. The molecule has 1 atom stereocenters. The SMILES string of the molecule is CC(C)C(NC(=O)c1ccc([N+](=O)[O-])cc1Cl)C(=O)OCC(=O)N1CCC(C(N)=O)CC1. The number of primary amides is 1. The summed E-state index contributed by atoms with van der Waals surface area (Å²) in [5.41, 5.74) is 4.96. The molecular formula is C20H25ClN4O7. The second-order valence-corrected chi connectivity index (χ2v) is 8.19. The molecule has 0 aliphatic carbocycles. The van der Waals surface area contributed by atoms with Crippen LogP contribution in [-0.4, -0.2) is 59.3 Å². The molecule has 1 fully saturated rings. The van der Waals surface area contributed by atoms with Gasteiger partial charge in [-0.25, -0.2) is 4.79 Å². The lowest BCUT2D eigenvalue weighted by Gasteiger charge is -2.30. The third-order valence-electron chi connectivity index (χ3n) is 5.20. The number of esters is 1. The van der Waals surface area contributed by atoms with Crippen molar-refractivity contribution in [2.75, 3.05) is 19.7 Å². The lowest BCUT2D eigenvalue weighted by atomic mass is 9.96. The minimum Gasteiger partial charge on any atom is -0.454 e. The molecule has 174 valence electrons. The van der Waals surface area contributed by atoms with Crippen LogP contribution < -0.4 is 11.1 Å². The molecule has 1 aromatic carbocycles. The van der Waals surface area contributed by atoms with Crippen LogP contribution in [0.25, 0.3) is 0 Å². The molecule has 0 aromatic heterocycles. The number of nitro benzene ring substituents is 1. The Morgan fingerprint density at radius 2 is 1.91 bits per heavy atom. The van der Waals surface area contributed by atoms with Crippen molar-refractivity contribution in [1.82, 2.24) is 10.2 Å². The second kappa shape index (κ2) is 10.9. The van der Waals surface area contributed by atoms with Crippen LogP contribution in [0.15, 0.2) is 18.2 Å². The Hall–Kier alpha value is -3.21. The van der Waals surface area contributed by atoms with E-state index in [9.17, 15) is 29.3 Å². The maximum atomic E-state index is 12.6. The number of halogens is 1. The van der Waals surface area contributed by atoms with Crippen molar-refractivity contribution >= 4 is 41.0 Å². The van der Waals surface area contributed by atoms with E-state index in [2.05, 4.69) is 5.32 Å². The third-order valence-corrected chi connectivity index (χ3v) is 5.52. The molecule has 1 heterocycles. The number of hydrogen-bond acceptors (Lipinski definition) is 7. The lowest BCUT2D eigenvalue weighted by Crippen LogP contribution is -2.47. The van der Waals surface area contributed by atoms with Gasteiger partial charge in [0.25, 0.3) is 17.5 Å². The number of nitrogens with zero attached hydrogens (tertiary/aromatic N) is 2. The molecule has 1 unspecified atom stereocenters. The van der Waals surface area contributed by atoms with Crippen molar-refractivity contribution < 1.29 is 28.8 Å². The largest absolute Gasteiger partial charge is 0.454 e. The zero-order chi connectivity index (χ0) is 24.0. The van der Waals surface area contributed by atoms with Gasteiger partial charge in [0.15, 0.2) is 6.61 Å². The Labute approximate surface area is 189 Å². The molecule has 2 rings (SSSR count). The number of carbonyl (C=O) groups excluding carboxylic acids is 4. The van der Waals surface area contributed by atoms with Gasteiger partial charge in [-0.15, -0.1) is 0 Å². The number of piperidine rings is 1. The molecule has 11 nitrogen and oxygen atoms in total. The van der Waals surface area contributed by atoms with E-state index >= 15 is 0 Å². The number of non-ortho nitro benzene ring substituents is 1. The molecule has 12 heteroatoms. The predicted octanol–water partition coefficient (Wildman–Crippen LogP) is 1.27. The predicted molar refractivity (Wildman–Crippen MR) is 114 cm³/mol. The highest BCUT2D eigenvalue weighted by Gasteiger charge is 2.30. The molecule has 0 saturated carbocycles. The smallest absolute Gasteiger partial charge is 0.329 e. The summed E-state index contributed by atoms with van der Waals surface area (Å²) in [5.74, 6) is -2.95. The van der Waals surface area contributed by atoms with E-state index in [-0.39, 0.29) is 28.1 Å². The van der Waals surface area contributed by atoms with E-state index in [0.29, 0.717) is 25.9 Å². The molecule has 3 N–H and O–H groups in total. The van der Waals surface area contributed by atoms with Gasteiger partial charge in [0, 0.05) is 31.1 Å². The van der Waals surface area contributed by atoms with E-state index in [4.69, 9.17) is 22.1 Å². The van der Waals surface area contributed by atoms with Gasteiger partial charge >= 0.3 is 5.97 Å². The zero-order valence-corrected chi connectivity index (χ0v) is 18.5. The van der Waals surface area contributed by atoms with Gasteiger partial charge in [-0.05, 0) is 24.8 Å². The van der Waals surface area contributed by atoms with Crippen molar-refractivity contribution in [2.24, 2.45) is 17.6 Å². The molecule has 0 spiro atoms. The molecule has 1 saturated heterocycles. The van der Waals surface area contributed by atoms with E-state index < -0.39 is 41.3 Å². The van der Waals surface area contributed by atoms with Gasteiger partial charge in [-0.2, -0.15) is 0 Å². The summed E-state index contributed by atoms with van der Waals surface area (Å²) in [7, 11) is 0. The molecule has 0 radical (unpaired) electrons. The first-order chi connectivity index (χ1) is 15.0. The third kappa shape index (κ3) is 6.39. The minimum atomic E-state index is -1.07. The summed E-state index contributed by atoms with van der Waals surface area (Å²) in [5, 5.41) is 13.2. The number of nitro groups is 1. The monoisotopic (exact) mass is 468 g/mol. The van der Waals surface area contributed by atoms with Crippen molar-refractivity contribution in [1.29, 1.82) is 0 Å². The number of nitrogens with one attached hydrogen (secondary N) is 1. The molecule has 0 bridgehead atoms. The van der Waals surface area contributed by atoms with Gasteiger partial charge in [-0.1, -0.05) is 25.4 Å². The highest BCUT2D eigenvalue weighted by Crippen LogP contribution is 2.23. The molecule has 32 heavy (non-hydrogen) atoms. The molecular weight excluding hydrogens is 444 g/mol. The topological polar surface area (TPSA) is 162 Å². The van der Waals surface area contributed by atoms with Crippen LogP contribution in [0.4, 0.5) is 5.69 Å². The first-order valence-electron chi connectivity index (χ1n) is 9.99. The van der Waals surface area contributed by atoms with Crippen molar-refractivity contribution in [2.45, 2.75) is 32.7 Å². The van der Waals surface area contributed by atoms with Gasteiger partial charge in [0.05, 0.1) is 15.5 Å². The van der Waals surface area contributed by atoms with Gasteiger partial charge in [0.2, 0.25) is 5.91 Å². The summed E-state index contributed by atoms with van der Waals surface area (Å²) in [6.07, 6.45) is 0.908. The summed E-state index contributed by atoms with van der Waals surface area (Å²) < 4.78 is 5.11. The van der Waals surface area contributed by atoms with Crippen molar-refractivity contribution in [3.63, 3.8) is 0 Å². The van der Waals surface area contributed by atoms with Gasteiger partial charge < -0.3 is 20.7 Å². The van der Waals surface area contributed by atoms with E-state index in [0.717, 1.165) is 12.1 Å². The Kier molecular flexibility index (Phi) is 8.53. The van der Waals surface area contributed by atoms with Crippen LogP contribution in [0.3, 0.4) is 0 Å². The highest BCUT2D eigenvalue weighted by molar-refractivity contribution is 6.34. The highest BCUT2D eigenvalue weighted by atomic mass is 35.5. The fraction of sp³-hybridized carbons (Fsp3) is 0.500. The summed E-state index contributed by atoms with van der Waals surface area (Å²) >= 11 is 5.97. The number of rotatable bonds is 8. The maximum Gasteiger partial charge on any atom is 0.329 e.